The van der Waals surface area contributed by atoms with E-state index in [2.05, 4.69) is 6.92 Å². The fourth-order valence-corrected chi connectivity index (χ4v) is 5.68. The van der Waals surface area contributed by atoms with E-state index in [1.807, 2.05) is 13.8 Å². The second-order valence-corrected chi connectivity index (χ2v) is 7.93. The summed E-state index contributed by atoms with van der Waals surface area (Å²) in [5.41, 5.74) is 0. The third-order valence-corrected chi connectivity index (χ3v) is 6.85. The highest BCUT2D eigenvalue weighted by atomic mass is 28.4. The summed E-state index contributed by atoms with van der Waals surface area (Å²) in [5.74, 6) is -0.0285. The van der Waals surface area contributed by atoms with Crippen LogP contribution in [0.5, 0.6) is 0 Å². The Balaban J connectivity index is 4.82. The Morgan fingerprint density at radius 1 is 1.37 bits per heavy atom. The molecule has 4 nitrogen and oxygen atoms in total. The largest absolute Gasteiger partial charge is 0.396 e. The van der Waals surface area contributed by atoms with E-state index < -0.39 is 14.7 Å². The molecule has 1 N–H and O–H groups in total. The topological polar surface area (TPSA) is 55.8 Å². The first-order valence-corrected chi connectivity index (χ1v) is 9.37. The minimum Gasteiger partial charge on any atom is -0.396 e. The van der Waals surface area contributed by atoms with Crippen molar-refractivity contribution in [3.63, 3.8) is 0 Å². The third-order valence-electron chi connectivity index (χ3n) is 2.88. The molecule has 0 aliphatic heterocycles. The molecule has 0 saturated heterocycles. The van der Waals surface area contributed by atoms with Crippen LogP contribution in [-0.2, 0) is 13.6 Å². The lowest BCUT2D eigenvalue weighted by Gasteiger charge is -2.32. The van der Waals surface area contributed by atoms with Crippen molar-refractivity contribution in [3.05, 3.63) is 12.2 Å². The number of hydrogen-bond acceptors (Lipinski definition) is 4. The first kappa shape index (κ1) is 18.5. The van der Waals surface area contributed by atoms with Gasteiger partial charge in [0.25, 0.3) is 0 Å². The predicted molar refractivity (Wildman–Crippen MR) is 79.4 cm³/mol. The van der Waals surface area contributed by atoms with E-state index >= 15 is 0 Å². The highest BCUT2D eigenvalue weighted by Gasteiger charge is 2.38. The highest BCUT2D eigenvalue weighted by Crippen LogP contribution is 2.25. The number of carbonyl (C=O) groups excluding carboxylic acids is 1. The first-order chi connectivity index (χ1) is 9.05. The van der Waals surface area contributed by atoms with Crippen LogP contribution in [0.25, 0.3) is 0 Å². The SMILES string of the molecule is CC=CC(=O)C(C)O[Si](CCC)(CCCO)OCC. The van der Waals surface area contributed by atoms with Gasteiger partial charge in [0.15, 0.2) is 5.78 Å². The molecule has 0 aromatic carbocycles. The lowest BCUT2D eigenvalue weighted by Crippen LogP contribution is -2.46. The lowest BCUT2D eigenvalue weighted by atomic mass is 10.2. The van der Waals surface area contributed by atoms with Gasteiger partial charge in [-0.25, -0.2) is 0 Å². The van der Waals surface area contributed by atoms with Crippen LogP contribution < -0.4 is 0 Å². The Kier molecular flexibility index (Phi) is 10.0. The van der Waals surface area contributed by atoms with E-state index in [0.29, 0.717) is 13.0 Å². The molecule has 0 spiro atoms. The van der Waals surface area contributed by atoms with Crippen LogP contribution in [0.4, 0.5) is 0 Å². The Morgan fingerprint density at radius 2 is 2.05 bits per heavy atom. The molecule has 0 aliphatic carbocycles. The van der Waals surface area contributed by atoms with E-state index in [4.69, 9.17) is 14.0 Å². The number of carbonyl (C=O) groups is 1. The van der Waals surface area contributed by atoms with Gasteiger partial charge in [0.2, 0.25) is 0 Å². The number of hydrogen-bond donors (Lipinski definition) is 1. The Morgan fingerprint density at radius 3 is 2.53 bits per heavy atom. The Labute approximate surface area is 118 Å². The highest BCUT2D eigenvalue weighted by molar-refractivity contribution is 6.67. The molecule has 112 valence electrons. The van der Waals surface area contributed by atoms with E-state index in [9.17, 15) is 4.79 Å². The van der Waals surface area contributed by atoms with Gasteiger partial charge in [-0.3, -0.25) is 4.79 Å². The summed E-state index contributed by atoms with van der Waals surface area (Å²) in [6.45, 7) is 8.33. The first-order valence-electron chi connectivity index (χ1n) is 7.14. The van der Waals surface area contributed by atoms with Crippen molar-refractivity contribution >= 4 is 14.3 Å². The Bertz CT molecular complexity index is 273. The van der Waals surface area contributed by atoms with Gasteiger partial charge in [0.1, 0.15) is 6.10 Å². The van der Waals surface area contributed by atoms with E-state index in [1.54, 1.807) is 13.0 Å². The van der Waals surface area contributed by atoms with Gasteiger partial charge < -0.3 is 14.0 Å². The van der Waals surface area contributed by atoms with Crippen LogP contribution in [0.2, 0.25) is 12.1 Å². The summed E-state index contributed by atoms with van der Waals surface area (Å²) in [6.07, 6.45) is 4.41. The molecule has 0 radical (unpaired) electrons. The minimum atomic E-state index is -2.39. The molecule has 0 heterocycles. The summed E-state index contributed by atoms with van der Waals surface area (Å²) in [7, 11) is -2.39. The number of allylic oxidation sites excluding steroid dienone is 1. The van der Waals surface area contributed by atoms with Gasteiger partial charge >= 0.3 is 8.56 Å². The third kappa shape index (κ3) is 7.01. The number of aliphatic hydroxyl groups is 1. The zero-order valence-corrected chi connectivity index (χ0v) is 13.6. The standard InChI is InChI=1S/C14H28O4Si/c1-5-9-14(16)13(4)18-19(11-6-2,17-7-3)12-8-10-15/h5,9,13,15H,6-8,10-12H2,1-4H3. The van der Waals surface area contributed by atoms with Crippen molar-refractivity contribution in [2.24, 2.45) is 0 Å². The predicted octanol–water partition coefficient (Wildman–Crippen LogP) is 2.81. The molecule has 2 atom stereocenters. The van der Waals surface area contributed by atoms with Crippen LogP contribution in [0.15, 0.2) is 12.2 Å². The second-order valence-electron chi connectivity index (χ2n) is 4.58. The fraction of sp³-hybridized carbons (Fsp3) is 0.786. The molecule has 0 fully saturated rings. The maximum absolute atomic E-state index is 11.8. The lowest BCUT2D eigenvalue weighted by molar-refractivity contribution is -0.121. The van der Waals surface area contributed by atoms with Gasteiger partial charge in [-0.05, 0) is 45.4 Å². The van der Waals surface area contributed by atoms with Gasteiger partial charge in [-0.1, -0.05) is 19.4 Å². The molecular formula is C14H28O4Si. The molecule has 0 aromatic rings. The van der Waals surface area contributed by atoms with Crippen LogP contribution >= 0.6 is 0 Å². The zero-order chi connectivity index (χ0) is 14.7. The van der Waals surface area contributed by atoms with Crippen molar-refractivity contribution in [1.29, 1.82) is 0 Å². The van der Waals surface area contributed by atoms with Crippen molar-refractivity contribution in [2.45, 2.75) is 58.7 Å². The van der Waals surface area contributed by atoms with Crippen LogP contribution in [0.3, 0.4) is 0 Å². The monoisotopic (exact) mass is 288 g/mol. The van der Waals surface area contributed by atoms with E-state index in [0.717, 1.165) is 18.5 Å². The van der Waals surface area contributed by atoms with Crippen molar-refractivity contribution < 1.29 is 18.8 Å². The second kappa shape index (κ2) is 10.3. The van der Waals surface area contributed by atoms with Crippen molar-refractivity contribution in [3.8, 4) is 0 Å². The zero-order valence-electron chi connectivity index (χ0n) is 12.6. The summed E-state index contributed by atoms with van der Waals surface area (Å²) >= 11 is 0. The fourth-order valence-electron chi connectivity index (χ4n) is 2.09. The Hall–Kier alpha value is -0.493. The normalized spacial score (nSPS) is 16.5. The molecule has 0 saturated carbocycles. The average Bonchev–Trinajstić information content (AvgIpc) is 2.37. The van der Waals surface area contributed by atoms with Crippen molar-refractivity contribution in [1.82, 2.24) is 0 Å². The molecule has 0 aliphatic rings. The molecular weight excluding hydrogens is 260 g/mol. The van der Waals surface area contributed by atoms with Crippen molar-refractivity contribution in [2.75, 3.05) is 13.2 Å². The van der Waals surface area contributed by atoms with Gasteiger partial charge in [-0.2, -0.15) is 0 Å². The maximum atomic E-state index is 11.8. The number of rotatable bonds is 11. The molecule has 0 bridgehead atoms. The molecule has 0 amide bonds. The van der Waals surface area contributed by atoms with Gasteiger partial charge in [0.05, 0.1) is 0 Å². The molecule has 2 unspecified atom stereocenters. The molecule has 19 heavy (non-hydrogen) atoms. The minimum absolute atomic E-state index is 0.0285. The van der Waals surface area contributed by atoms with Crippen LogP contribution in [-0.4, -0.2) is 38.8 Å². The van der Waals surface area contributed by atoms with Crippen LogP contribution in [0.1, 0.15) is 40.5 Å². The average molecular weight is 288 g/mol. The molecule has 0 aromatic heterocycles. The summed E-state index contributed by atoms with van der Waals surface area (Å²) in [5, 5.41) is 9.03. The summed E-state index contributed by atoms with van der Waals surface area (Å²) in [6, 6.07) is 1.59. The van der Waals surface area contributed by atoms with E-state index in [1.165, 1.54) is 6.08 Å². The maximum Gasteiger partial charge on any atom is 0.338 e. The smallest absolute Gasteiger partial charge is 0.338 e. The molecule has 5 heteroatoms. The van der Waals surface area contributed by atoms with Crippen LogP contribution in [0, 0.1) is 0 Å². The van der Waals surface area contributed by atoms with Gasteiger partial charge in [-0.15, -0.1) is 0 Å². The van der Waals surface area contributed by atoms with Gasteiger partial charge in [0, 0.05) is 13.2 Å². The number of aliphatic hydroxyl groups excluding tert-OH is 1. The molecule has 0 rings (SSSR count). The summed E-state index contributed by atoms with van der Waals surface area (Å²) < 4.78 is 11.9. The quantitative estimate of drug-likeness (QED) is 0.469. The summed E-state index contributed by atoms with van der Waals surface area (Å²) in [4.78, 5) is 11.8. The number of ketones is 1. The van der Waals surface area contributed by atoms with E-state index in [-0.39, 0.29) is 12.4 Å².